The van der Waals surface area contributed by atoms with Gasteiger partial charge in [-0.2, -0.15) is 5.10 Å². The fourth-order valence-corrected chi connectivity index (χ4v) is 2.52. The Kier molecular flexibility index (Phi) is 4.80. The molecule has 5 nitrogen and oxygen atoms in total. The van der Waals surface area contributed by atoms with Crippen LogP contribution in [0.3, 0.4) is 0 Å². The van der Waals surface area contributed by atoms with Crippen LogP contribution in [0.5, 0.6) is 5.75 Å². The zero-order valence-corrected chi connectivity index (χ0v) is 13.3. The van der Waals surface area contributed by atoms with E-state index in [1.54, 1.807) is 11.8 Å². The minimum Gasteiger partial charge on any atom is -0.497 e. The summed E-state index contributed by atoms with van der Waals surface area (Å²) in [7, 11) is 3.54. The molecule has 1 aromatic heterocycles. The zero-order valence-electron chi connectivity index (χ0n) is 12.5. The maximum atomic E-state index is 5.77. The summed E-state index contributed by atoms with van der Waals surface area (Å²) in [4.78, 5) is 0.368. The van der Waals surface area contributed by atoms with E-state index in [0.29, 0.717) is 4.99 Å². The van der Waals surface area contributed by atoms with Gasteiger partial charge in [-0.25, -0.2) is 0 Å². The van der Waals surface area contributed by atoms with Crippen molar-refractivity contribution >= 4 is 23.0 Å². The molecule has 0 saturated carbocycles. The van der Waals surface area contributed by atoms with Gasteiger partial charge in [0.25, 0.3) is 0 Å². The number of aryl methyl sites for hydroxylation is 2. The molecule has 0 unspecified atom stereocenters. The number of nitrogens with zero attached hydrogens (tertiary/aromatic N) is 2. The van der Waals surface area contributed by atoms with Crippen LogP contribution in [-0.2, 0) is 13.5 Å². The molecule has 0 aliphatic heterocycles. The Balaban J connectivity index is 2.01. The van der Waals surface area contributed by atoms with Crippen molar-refractivity contribution in [3.05, 3.63) is 41.1 Å². The monoisotopic (exact) mass is 304 g/mol. The van der Waals surface area contributed by atoms with Gasteiger partial charge in [-0.05, 0) is 31.0 Å². The Labute approximate surface area is 130 Å². The van der Waals surface area contributed by atoms with Crippen molar-refractivity contribution in [2.45, 2.75) is 13.3 Å². The van der Waals surface area contributed by atoms with Crippen molar-refractivity contribution < 1.29 is 4.74 Å². The number of nitrogens with one attached hydrogen (secondary N) is 1. The van der Waals surface area contributed by atoms with E-state index in [1.807, 2.05) is 26.1 Å². The molecule has 112 valence electrons. The Hall–Kier alpha value is -2.08. The number of benzene rings is 1. The first-order chi connectivity index (χ1) is 10.0. The maximum absolute atomic E-state index is 5.77. The molecule has 0 spiro atoms. The number of aromatic nitrogens is 2. The van der Waals surface area contributed by atoms with Crippen molar-refractivity contribution in [1.82, 2.24) is 9.78 Å². The summed E-state index contributed by atoms with van der Waals surface area (Å²) in [5.41, 5.74) is 8.67. The maximum Gasteiger partial charge on any atom is 0.134 e. The molecule has 0 radical (unpaired) electrons. The van der Waals surface area contributed by atoms with Gasteiger partial charge >= 0.3 is 0 Å². The van der Waals surface area contributed by atoms with Gasteiger partial charge in [0.2, 0.25) is 0 Å². The van der Waals surface area contributed by atoms with Crippen LogP contribution < -0.4 is 15.8 Å². The van der Waals surface area contributed by atoms with Crippen LogP contribution in [0.25, 0.3) is 0 Å². The van der Waals surface area contributed by atoms with Crippen LogP contribution in [0.15, 0.2) is 24.3 Å². The van der Waals surface area contributed by atoms with Gasteiger partial charge in [0.05, 0.1) is 18.4 Å². The fraction of sp³-hybridized carbons (Fsp3) is 0.333. The van der Waals surface area contributed by atoms with Gasteiger partial charge in [0, 0.05) is 13.6 Å². The first-order valence-corrected chi connectivity index (χ1v) is 7.14. The SMILES string of the molecule is COc1ccc(CCNc2c(C(N)=S)c(C)nn2C)cc1. The average molecular weight is 304 g/mol. The largest absolute Gasteiger partial charge is 0.497 e. The fourth-order valence-electron chi connectivity index (χ4n) is 2.27. The molecule has 1 aromatic carbocycles. The Morgan fingerprint density at radius 3 is 2.62 bits per heavy atom. The molecule has 0 fully saturated rings. The third-order valence-electron chi connectivity index (χ3n) is 3.33. The highest BCUT2D eigenvalue weighted by molar-refractivity contribution is 7.80. The van der Waals surface area contributed by atoms with Gasteiger partial charge in [0.1, 0.15) is 16.6 Å². The molecule has 1 heterocycles. The summed E-state index contributed by atoms with van der Waals surface area (Å²) in [6.45, 7) is 2.68. The highest BCUT2D eigenvalue weighted by Gasteiger charge is 2.14. The quantitative estimate of drug-likeness (QED) is 0.799. The van der Waals surface area contributed by atoms with Crippen molar-refractivity contribution in [3.63, 3.8) is 0 Å². The van der Waals surface area contributed by atoms with Gasteiger partial charge in [-0.3, -0.25) is 4.68 Å². The molecule has 0 bridgehead atoms. The topological polar surface area (TPSA) is 65.1 Å². The average Bonchev–Trinajstić information content (AvgIpc) is 2.74. The molecule has 2 aromatic rings. The first kappa shape index (κ1) is 15.3. The summed E-state index contributed by atoms with van der Waals surface area (Å²) >= 11 is 5.09. The van der Waals surface area contributed by atoms with E-state index in [2.05, 4.69) is 22.5 Å². The molecule has 6 heteroatoms. The predicted octanol–water partition coefficient (Wildman–Crippen LogP) is 2.03. The van der Waals surface area contributed by atoms with Crippen molar-refractivity contribution in [2.24, 2.45) is 12.8 Å². The van der Waals surface area contributed by atoms with E-state index in [-0.39, 0.29) is 0 Å². The van der Waals surface area contributed by atoms with E-state index in [9.17, 15) is 0 Å². The molecule has 0 aliphatic rings. The second-order valence-corrected chi connectivity index (χ2v) is 5.26. The minimum absolute atomic E-state index is 0.368. The van der Waals surface area contributed by atoms with Gasteiger partial charge in [-0.1, -0.05) is 24.4 Å². The molecule has 0 atom stereocenters. The normalized spacial score (nSPS) is 10.4. The first-order valence-electron chi connectivity index (χ1n) is 6.73. The van der Waals surface area contributed by atoms with E-state index < -0.39 is 0 Å². The molecule has 0 saturated heterocycles. The number of thiocarbonyl (C=S) groups is 1. The van der Waals surface area contributed by atoms with Crippen LogP contribution in [0.2, 0.25) is 0 Å². The van der Waals surface area contributed by atoms with Crippen LogP contribution in [0.4, 0.5) is 5.82 Å². The number of hydrogen-bond acceptors (Lipinski definition) is 4. The number of ether oxygens (including phenoxy) is 1. The molecule has 2 rings (SSSR count). The summed E-state index contributed by atoms with van der Waals surface area (Å²) < 4.78 is 6.92. The highest BCUT2D eigenvalue weighted by Crippen LogP contribution is 2.19. The minimum atomic E-state index is 0.368. The van der Waals surface area contributed by atoms with E-state index in [1.165, 1.54) is 5.56 Å². The number of hydrogen-bond donors (Lipinski definition) is 2. The third-order valence-corrected chi connectivity index (χ3v) is 3.54. The van der Waals surface area contributed by atoms with Crippen molar-refractivity contribution in [2.75, 3.05) is 19.0 Å². The van der Waals surface area contributed by atoms with Gasteiger partial charge in [-0.15, -0.1) is 0 Å². The third kappa shape index (κ3) is 3.52. The van der Waals surface area contributed by atoms with E-state index in [4.69, 9.17) is 22.7 Å². The molecular weight excluding hydrogens is 284 g/mol. The summed E-state index contributed by atoms with van der Waals surface area (Å²) in [5, 5.41) is 7.71. The van der Waals surface area contributed by atoms with Gasteiger partial charge < -0.3 is 15.8 Å². The molecular formula is C15H20N4OS. The Morgan fingerprint density at radius 1 is 1.38 bits per heavy atom. The highest BCUT2D eigenvalue weighted by atomic mass is 32.1. The summed E-state index contributed by atoms with van der Waals surface area (Å²) in [5.74, 6) is 1.73. The summed E-state index contributed by atoms with van der Waals surface area (Å²) in [6, 6.07) is 8.04. The van der Waals surface area contributed by atoms with Crippen LogP contribution in [0, 0.1) is 6.92 Å². The second-order valence-electron chi connectivity index (χ2n) is 4.82. The standard InChI is InChI=1S/C15H20N4OS/c1-10-13(14(16)21)15(19(2)18-10)17-9-8-11-4-6-12(20-3)7-5-11/h4-7,17H,8-9H2,1-3H3,(H2,16,21). The zero-order chi connectivity index (χ0) is 15.4. The van der Waals surface area contributed by atoms with E-state index >= 15 is 0 Å². The number of rotatable bonds is 6. The predicted molar refractivity (Wildman–Crippen MR) is 89.0 cm³/mol. The van der Waals surface area contributed by atoms with Gasteiger partial charge in [0.15, 0.2) is 0 Å². The van der Waals surface area contributed by atoms with Crippen molar-refractivity contribution in [1.29, 1.82) is 0 Å². The van der Waals surface area contributed by atoms with E-state index in [0.717, 1.165) is 35.8 Å². The van der Waals surface area contributed by atoms with Crippen molar-refractivity contribution in [3.8, 4) is 5.75 Å². The number of methoxy groups -OCH3 is 1. The molecule has 3 N–H and O–H groups in total. The number of nitrogens with two attached hydrogens (primary N) is 1. The van der Waals surface area contributed by atoms with Crippen LogP contribution in [-0.4, -0.2) is 28.4 Å². The molecule has 0 aliphatic carbocycles. The lowest BCUT2D eigenvalue weighted by atomic mass is 10.1. The van der Waals surface area contributed by atoms with Crippen LogP contribution >= 0.6 is 12.2 Å². The molecule has 21 heavy (non-hydrogen) atoms. The lowest BCUT2D eigenvalue weighted by molar-refractivity contribution is 0.414. The molecule has 0 amide bonds. The lowest BCUT2D eigenvalue weighted by Gasteiger charge is -2.09. The second kappa shape index (κ2) is 6.58. The Bertz CT molecular complexity index is 634. The smallest absolute Gasteiger partial charge is 0.134 e. The Morgan fingerprint density at radius 2 is 2.05 bits per heavy atom. The van der Waals surface area contributed by atoms with Crippen LogP contribution in [0.1, 0.15) is 16.8 Å². The lowest BCUT2D eigenvalue weighted by Crippen LogP contribution is -2.15. The number of anilines is 1. The summed E-state index contributed by atoms with van der Waals surface area (Å²) in [6.07, 6.45) is 0.894.